The first-order valence-corrected chi connectivity index (χ1v) is 7.67. The van der Waals surface area contributed by atoms with Gasteiger partial charge < -0.3 is 10.4 Å². The third-order valence-corrected chi connectivity index (χ3v) is 3.87. The summed E-state index contributed by atoms with van der Waals surface area (Å²) in [4.78, 5) is 12.5. The molecule has 0 bridgehead atoms. The second-order valence-electron chi connectivity index (χ2n) is 5.20. The van der Waals surface area contributed by atoms with Gasteiger partial charge in [0.05, 0.1) is 5.75 Å². The topological polar surface area (TPSA) is 49.3 Å². The lowest BCUT2D eigenvalue weighted by molar-refractivity contribution is -0.119. The molecule has 19 heavy (non-hydrogen) atoms. The summed E-state index contributed by atoms with van der Waals surface area (Å²) < 4.78 is 0. The molecule has 1 unspecified atom stereocenters. The lowest BCUT2D eigenvalue weighted by Crippen LogP contribution is -2.34. The Balaban J connectivity index is 2.30. The predicted octanol–water partition coefficient (Wildman–Crippen LogP) is 3.43. The summed E-state index contributed by atoms with van der Waals surface area (Å²) in [5.74, 6) is 1.25. The van der Waals surface area contributed by atoms with Gasteiger partial charge in [-0.2, -0.15) is 0 Å². The molecular weight excluding hydrogens is 258 g/mol. The zero-order chi connectivity index (χ0) is 14.3. The highest BCUT2D eigenvalue weighted by molar-refractivity contribution is 8.00. The second kappa shape index (κ2) is 8.10. The standard InChI is InChI=1S/C15H23NO2S/c1-11(2)8-9-12(3)16-15(18)10-19-14-7-5-4-6-13(14)17/h4-7,11-12,17H,8-10H2,1-3H3,(H,16,18). The van der Waals surface area contributed by atoms with Crippen LogP contribution in [-0.2, 0) is 4.79 Å². The SMILES string of the molecule is CC(C)CCC(C)NC(=O)CSc1ccccc1O. The molecule has 0 aromatic heterocycles. The Kier molecular flexibility index (Phi) is 6.78. The van der Waals surface area contributed by atoms with Crippen LogP contribution in [0.1, 0.15) is 33.6 Å². The summed E-state index contributed by atoms with van der Waals surface area (Å²) in [6.07, 6.45) is 2.12. The van der Waals surface area contributed by atoms with E-state index in [1.165, 1.54) is 11.8 Å². The van der Waals surface area contributed by atoms with E-state index in [2.05, 4.69) is 19.2 Å². The number of para-hydroxylation sites is 1. The molecule has 4 heteroatoms. The molecule has 0 saturated heterocycles. The minimum absolute atomic E-state index is 0.0181. The fraction of sp³-hybridized carbons (Fsp3) is 0.533. The first kappa shape index (κ1) is 15.9. The molecule has 0 aliphatic heterocycles. The van der Waals surface area contributed by atoms with Crippen LogP contribution in [0.25, 0.3) is 0 Å². The van der Waals surface area contributed by atoms with E-state index in [0.717, 1.165) is 17.7 Å². The molecule has 0 aliphatic rings. The van der Waals surface area contributed by atoms with Gasteiger partial charge in [0.2, 0.25) is 5.91 Å². The van der Waals surface area contributed by atoms with Crippen LogP contribution < -0.4 is 5.32 Å². The number of nitrogens with one attached hydrogen (secondary N) is 1. The molecule has 0 heterocycles. The molecule has 1 rings (SSSR count). The Morgan fingerprint density at radius 1 is 1.26 bits per heavy atom. The fourth-order valence-electron chi connectivity index (χ4n) is 1.69. The van der Waals surface area contributed by atoms with Gasteiger partial charge >= 0.3 is 0 Å². The van der Waals surface area contributed by atoms with Crippen molar-refractivity contribution in [2.45, 2.75) is 44.6 Å². The molecule has 0 aliphatic carbocycles. The van der Waals surface area contributed by atoms with Crippen molar-refractivity contribution in [2.75, 3.05) is 5.75 Å². The van der Waals surface area contributed by atoms with Crippen LogP contribution >= 0.6 is 11.8 Å². The highest BCUT2D eigenvalue weighted by Gasteiger charge is 2.09. The summed E-state index contributed by atoms with van der Waals surface area (Å²) in [5, 5.41) is 12.6. The summed E-state index contributed by atoms with van der Waals surface area (Å²) in [6.45, 7) is 6.40. The number of aromatic hydroxyl groups is 1. The van der Waals surface area contributed by atoms with Crippen molar-refractivity contribution in [3.63, 3.8) is 0 Å². The van der Waals surface area contributed by atoms with Crippen molar-refractivity contribution in [3.8, 4) is 5.75 Å². The third kappa shape index (κ3) is 6.53. The number of carbonyl (C=O) groups excluding carboxylic acids is 1. The minimum atomic E-state index is 0.0181. The third-order valence-electron chi connectivity index (χ3n) is 2.81. The fourth-order valence-corrected chi connectivity index (χ4v) is 2.46. The van der Waals surface area contributed by atoms with Gasteiger partial charge in [0.15, 0.2) is 0 Å². The number of benzene rings is 1. The molecule has 3 nitrogen and oxygen atoms in total. The van der Waals surface area contributed by atoms with Crippen LogP contribution in [0.4, 0.5) is 0 Å². The van der Waals surface area contributed by atoms with Crippen LogP contribution in [0, 0.1) is 5.92 Å². The first-order chi connectivity index (χ1) is 8.99. The number of phenols is 1. The van der Waals surface area contributed by atoms with Gasteiger partial charge in [-0.25, -0.2) is 0 Å². The maximum absolute atomic E-state index is 11.8. The van der Waals surface area contributed by atoms with Crippen LogP contribution in [-0.4, -0.2) is 22.8 Å². The summed E-state index contributed by atoms with van der Waals surface area (Å²) in [7, 11) is 0. The first-order valence-electron chi connectivity index (χ1n) is 6.69. The highest BCUT2D eigenvalue weighted by atomic mass is 32.2. The molecule has 1 amide bonds. The van der Waals surface area contributed by atoms with Crippen molar-refractivity contribution in [1.29, 1.82) is 0 Å². The van der Waals surface area contributed by atoms with Gasteiger partial charge in [0.1, 0.15) is 5.75 Å². The van der Waals surface area contributed by atoms with Crippen LogP contribution in [0.3, 0.4) is 0 Å². The van der Waals surface area contributed by atoms with Gasteiger partial charge in [-0.1, -0.05) is 26.0 Å². The van der Waals surface area contributed by atoms with Crippen molar-refractivity contribution in [3.05, 3.63) is 24.3 Å². The van der Waals surface area contributed by atoms with E-state index in [1.54, 1.807) is 12.1 Å². The van der Waals surface area contributed by atoms with Crippen molar-refractivity contribution < 1.29 is 9.90 Å². The van der Waals surface area contributed by atoms with E-state index in [0.29, 0.717) is 11.7 Å². The lowest BCUT2D eigenvalue weighted by atomic mass is 10.0. The smallest absolute Gasteiger partial charge is 0.230 e. The minimum Gasteiger partial charge on any atom is -0.507 e. The van der Waals surface area contributed by atoms with E-state index in [1.807, 2.05) is 19.1 Å². The maximum atomic E-state index is 11.8. The Morgan fingerprint density at radius 2 is 1.95 bits per heavy atom. The normalized spacial score (nSPS) is 12.4. The largest absolute Gasteiger partial charge is 0.507 e. The van der Waals surface area contributed by atoms with E-state index < -0.39 is 0 Å². The Hall–Kier alpha value is -1.16. The number of thioether (sulfide) groups is 1. The molecule has 0 radical (unpaired) electrons. The van der Waals surface area contributed by atoms with E-state index >= 15 is 0 Å². The Bertz CT molecular complexity index is 407. The summed E-state index contributed by atoms with van der Waals surface area (Å²) in [6, 6.07) is 7.28. The molecule has 2 N–H and O–H groups in total. The van der Waals surface area contributed by atoms with Crippen LogP contribution in [0.5, 0.6) is 5.75 Å². The van der Waals surface area contributed by atoms with E-state index in [-0.39, 0.29) is 17.7 Å². The lowest BCUT2D eigenvalue weighted by Gasteiger charge is -2.15. The highest BCUT2D eigenvalue weighted by Crippen LogP contribution is 2.27. The number of phenolic OH excluding ortho intramolecular Hbond substituents is 1. The number of hydrogen-bond acceptors (Lipinski definition) is 3. The predicted molar refractivity (Wildman–Crippen MR) is 80.5 cm³/mol. The number of amides is 1. The zero-order valence-corrected chi connectivity index (χ0v) is 12.7. The van der Waals surface area contributed by atoms with Crippen molar-refractivity contribution in [1.82, 2.24) is 5.32 Å². The molecule has 0 saturated carbocycles. The molecule has 1 aromatic rings. The Labute approximate surface area is 119 Å². The Morgan fingerprint density at radius 3 is 2.58 bits per heavy atom. The summed E-state index contributed by atoms with van der Waals surface area (Å²) in [5.41, 5.74) is 0. The number of hydrogen-bond donors (Lipinski definition) is 2. The molecule has 0 fully saturated rings. The van der Waals surface area contributed by atoms with Gasteiger partial charge in [-0.05, 0) is 37.8 Å². The quantitative estimate of drug-likeness (QED) is 0.753. The summed E-state index contributed by atoms with van der Waals surface area (Å²) >= 11 is 1.36. The van der Waals surface area contributed by atoms with Gasteiger partial charge in [0.25, 0.3) is 0 Å². The monoisotopic (exact) mass is 281 g/mol. The number of carbonyl (C=O) groups is 1. The van der Waals surface area contributed by atoms with E-state index in [9.17, 15) is 9.90 Å². The number of rotatable bonds is 7. The van der Waals surface area contributed by atoms with Crippen molar-refractivity contribution in [2.24, 2.45) is 5.92 Å². The molecule has 1 atom stereocenters. The van der Waals surface area contributed by atoms with Crippen LogP contribution in [0.2, 0.25) is 0 Å². The zero-order valence-electron chi connectivity index (χ0n) is 11.8. The van der Waals surface area contributed by atoms with Gasteiger partial charge in [-0.3, -0.25) is 4.79 Å². The molecule has 106 valence electrons. The van der Waals surface area contributed by atoms with Gasteiger partial charge in [-0.15, -0.1) is 11.8 Å². The molecular formula is C15H23NO2S. The second-order valence-corrected chi connectivity index (χ2v) is 6.21. The van der Waals surface area contributed by atoms with Gasteiger partial charge in [0, 0.05) is 10.9 Å². The average Bonchev–Trinajstić information content (AvgIpc) is 2.35. The average molecular weight is 281 g/mol. The van der Waals surface area contributed by atoms with E-state index in [4.69, 9.17) is 0 Å². The maximum Gasteiger partial charge on any atom is 0.230 e. The molecule has 0 spiro atoms. The van der Waals surface area contributed by atoms with Crippen molar-refractivity contribution >= 4 is 17.7 Å². The van der Waals surface area contributed by atoms with Crippen LogP contribution in [0.15, 0.2) is 29.2 Å². The molecule has 1 aromatic carbocycles.